The van der Waals surface area contributed by atoms with Gasteiger partial charge in [0.1, 0.15) is 5.58 Å². The lowest BCUT2D eigenvalue weighted by molar-refractivity contribution is 0.661. The molecule has 7 aromatic carbocycles. The maximum absolute atomic E-state index is 6.55. The third-order valence-corrected chi connectivity index (χ3v) is 11.5. The molecule has 2 aromatic heterocycles. The highest BCUT2D eigenvalue weighted by atomic mass is 16.3. The molecule has 0 saturated carbocycles. The number of furan rings is 1. The van der Waals surface area contributed by atoms with Crippen LogP contribution in [0.5, 0.6) is 0 Å². The smallest absolute Gasteiger partial charge is 0.159 e. The van der Waals surface area contributed by atoms with Crippen LogP contribution in [0, 0.1) is 0 Å². The number of para-hydroxylation sites is 2. The van der Waals surface area contributed by atoms with E-state index in [4.69, 9.17) is 4.42 Å². The first-order chi connectivity index (χ1) is 27.0. The number of hydrogen-bond acceptors (Lipinski definition) is 2. The zero-order valence-electron chi connectivity index (χ0n) is 31.0. The Kier molecular flexibility index (Phi) is 7.71. The molecule has 0 spiro atoms. The topological polar surface area (TPSA) is 32.2 Å². The first-order valence-corrected chi connectivity index (χ1v) is 19.0. The zero-order valence-corrected chi connectivity index (χ0v) is 31.0. The van der Waals surface area contributed by atoms with Crippen LogP contribution in [0.1, 0.15) is 30.5 Å². The fraction of sp³-hybridized carbons (Fsp3) is 0.0769. The summed E-state index contributed by atoms with van der Waals surface area (Å²) in [5, 5.41) is 4.74. The summed E-state index contributed by atoms with van der Waals surface area (Å²) < 4.78 is 6.55. The Labute approximate surface area is 321 Å². The minimum Gasteiger partial charge on any atom is -0.454 e. The fourth-order valence-electron chi connectivity index (χ4n) is 8.69. The van der Waals surface area contributed by atoms with Crippen molar-refractivity contribution >= 4 is 60.7 Å². The van der Waals surface area contributed by atoms with E-state index in [0.717, 1.165) is 50.0 Å². The van der Waals surface area contributed by atoms with Crippen molar-refractivity contribution in [3.63, 3.8) is 0 Å². The second-order valence-corrected chi connectivity index (χ2v) is 15.0. The van der Waals surface area contributed by atoms with Gasteiger partial charge in [0.15, 0.2) is 5.58 Å². The van der Waals surface area contributed by atoms with Gasteiger partial charge in [0.05, 0.1) is 5.69 Å². The van der Waals surface area contributed by atoms with Crippen molar-refractivity contribution in [1.29, 1.82) is 0 Å². The standard InChI is InChI=1S/C52H40N2O/c1-4-14-34(35-15-6-5-7-16-35)17-13-30-54(49-22-12-20-41-40-19-9-11-23-50(40)55-51(41)49)38-27-24-36(25-28-38)37-26-29-47-43(31-37)44-32-42-39-18-8-10-21-45(39)52(2,3)46(42)33-48(44)53-47/h4-29,31-33,53H,1,30H2,2-3H3/b17-13-,34-14+. The highest BCUT2D eigenvalue weighted by molar-refractivity contribution is 6.11. The molecule has 1 aliphatic rings. The first-order valence-electron chi connectivity index (χ1n) is 19.0. The monoisotopic (exact) mass is 708 g/mol. The predicted molar refractivity (Wildman–Crippen MR) is 233 cm³/mol. The lowest BCUT2D eigenvalue weighted by atomic mass is 9.82. The third kappa shape index (κ3) is 5.42. The molecule has 0 bridgehead atoms. The van der Waals surface area contributed by atoms with Gasteiger partial charge in [-0.3, -0.25) is 0 Å². The summed E-state index contributed by atoms with van der Waals surface area (Å²) in [7, 11) is 0. The maximum atomic E-state index is 6.55. The molecule has 1 N–H and O–H groups in total. The second-order valence-electron chi connectivity index (χ2n) is 15.0. The van der Waals surface area contributed by atoms with E-state index in [-0.39, 0.29) is 5.41 Å². The van der Waals surface area contributed by atoms with Crippen molar-refractivity contribution < 1.29 is 4.42 Å². The molecule has 0 saturated heterocycles. The van der Waals surface area contributed by atoms with Crippen LogP contribution in [0.2, 0.25) is 0 Å². The Morgan fingerprint density at radius 3 is 2.25 bits per heavy atom. The molecule has 0 fully saturated rings. The molecule has 0 radical (unpaired) electrons. The SMILES string of the molecule is C=C/C=C(\C=C/CN(c1ccc(-c2ccc3[nH]c4cc5c(cc4c3c2)-c2ccccc2C5(C)C)cc1)c1cccc2c1oc1ccccc12)c1ccccc1. The van der Waals surface area contributed by atoms with Crippen LogP contribution < -0.4 is 4.90 Å². The molecule has 55 heavy (non-hydrogen) atoms. The van der Waals surface area contributed by atoms with E-state index in [2.05, 4.69) is 182 Å². The quantitative estimate of drug-likeness (QED) is 0.159. The predicted octanol–water partition coefficient (Wildman–Crippen LogP) is 14.2. The van der Waals surface area contributed by atoms with Gasteiger partial charge < -0.3 is 14.3 Å². The Balaban J connectivity index is 1.04. The molecule has 0 unspecified atom stereocenters. The van der Waals surface area contributed by atoms with Gasteiger partial charge >= 0.3 is 0 Å². The molecular weight excluding hydrogens is 669 g/mol. The van der Waals surface area contributed by atoms with E-state index >= 15 is 0 Å². The molecule has 2 heterocycles. The summed E-state index contributed by atoms with van der Waals surface area (Å²) in [6, 6.07) is 54.5. The van der Waals surface area contributed by atoms with Gasteiger partial charge in [0, 0.05) is 50.2 Å². The molecule has 0 atom stereocenters. The summed E-state index contributed by atoms with van der Waals surface area (Å²) in [4.78, 5) is 6.07. The third-order valence-electron chi connectivity index (χ3n) is 11.5. The number of aromatic amines is 1. The molecule has 10 rings (SSSR count). The van der Waals surface area contributed by atoms with Crippen LogP contribution in [0.15, 0.2) is 187 Å². The van der Waals surface area contributed by atoms with Gasteiger partial charge in [-0.2, -0.15) is 0 Å². The highest BCUT2D eigenvalue weighted by Crippen LogP contribution is 2.50. The van der Waals surface area contributed by atoms with E-state index in [1.807, 2.05) is 24.3 Å². The minimum atomic E-state index is -0.0313. The summed E-state index contributed by atoms with van der Waals surface area (Å²) in [5.41, 5.74) is 16.3. The highest BCUT2D eigenvalue weighted by Gasteiger charge is 2.35. The summed E-state index contributed by atoms with van der Waals surface area (Å²) in [5.74, 6) is 0. The molecule has 0 aliphatic heterocycles. The number of allylic oxidation sites excluding steroid dienone is 4. The molecule has 1 aliphatic carbocycles. The van der Waals surface area contributed by atoms with E-state index in [1.165, 1.54) is 49.7 Å². The van der Waals surface area contributed by atoms with Crippen molar-refractivity contribution in [2.75, 3.05) is 11.4 Å². The van der Waals surface area contributed by atoms with Gasteiger partial charge in [-0.15, -0.1) is 0 Å². The lowest BCUT2D eigenvalue weighted by Crippen LogP contribution is -2.17. The van der Waals surface area contributed by atoms with Crippen LogP contribution >= 0.6 is 0 Å². The number of aromatic nitrogens is 1. The number of nitrogens with one attached hydrogen (secondary N) is 1. The Morgan fingerprint density at radius 1 is 0.655 bits per heavy atom. The summed E-state index contributed by atoms with van der Waals surface area (Å²) >= 11 is 0. The number of benzene rings is 7. The van der Waals surface area contributed by atoms with Crippen molar-refractivity contribution in [2.45, 2.75) is 19.3 Å². The normalized spacial score (nSPS) is 13.6. The van der Waals surface area contributed by atoms with Crippen LogP contribution in [0.3, 0.4) is 0 Å². The number of rotatable bonds is 8. The van der Waals surface area contributed by atoms with Crippen molar-refractivity contribution in [3.8, 4) is 22.3 Å². The largest absolute Gasteiger partial charge is 0.454 e. The van der Waals surface area contributed by atoms with Gasteiger partial charge in [0.2, 0.25) is 0 Å². The van der Waals surface area contributed by atoms with E-state index in [0.29, 0.717) is 6.54 Å². The molecular formula is C52H40N2O. The zero-order chi connectivity index (χ0) is 37.1. The maximum Gasteiger partial charge on any atom is 0.159 e. The minimum absolute atomic E-state index is 0.0313. The molecule has 264 valence electrons. The van der Waals surface area contributed by atoms with E-state index in [1.54, 1.807) is 0 Å². The number of hydrogen-bond donors (Lipinski definition) is 1. The number of H-pyrrole nitrogens is 1. The van der Waals surface area contributed by atoms with Gasteiger partial charge in [0.25, 0.3) is 0 Å². The van der Waals surface area contributed by atoms with Crippen LogP contribution in [-0.2, 0) is 5.41 Å². The molecule has 3 nitrogen and oxygen atoms in total. The molecule has 9 aromatic rings. The van der Waals surface area contributed by atoms with Crippen LogP contribution in [-0.4, -0.2) is 11.5 Å². The average molecular weight is 709 g/mol. The van der Waals surface area contributed by atoms with Crippen LogP contribution in [0.25, 0.3) is 71.6 Å². The van der Waals surface area contributed by atoms with Gasteiger partial charge in [-0.1, -0.05) is 148 Å². The number of fused-ring (bicyclic) bond motifs is 9. The molecule has 0 amide bonds. The summed E-state index contributed by atoms with van der Waals surface area (Å²) in [6.07, 6.45) is 8.31. The van der Waals surface area contributed by atoms with Crippen LogP contribution in [0.4, 0.5) is 11.4 Å². The van der Waals surface area contributed by atoms with Gasteiger partial charge in [-0.25, -0.2) is 0 Å². The second kappa shape index (κ2) is 12.9. The van der Waals surface area contributed by atoms with E-state index in [9.17, 15) is 0 Å². The van der Waals surface area contributed by atoms with Crippen molar-refractivity contribution in [1.82, 2.24) is 4.98 Å². The number of anilines is 2. The lowest BCUT2D eigenvalue weighted by Gasteiger charge is -2.24. The molecule has 3 heteroatoms. The Hall–Kier alpha value is -6.84. The average Bonchev–Trinajstić information content (AvgIpc) is 3.86. The fourth-order valence-corrected chi connectivity index (χ4v) is 8.69. The Morgan fingerprint density at radius 2 is 1.40 bits per heavy atom. The van der Waals surface area contributed by atoms with Crippen molar-refractivity contribution in [3.05, 3.63) is 199 Å². The summed E-state index contributed by atoms with van der Waals surface area (Å²) in [6.45, 7) is 9.29. The first kappa shape index (κ1) is 32.8. The van der Waals surface area contributed by atoms with Gasteiger partial charge in [-0.05, 0) is 93.0 Å². The van der Waals surface area contributed by atoms with E-state index < -0.39 is 0 Å². The van der Waals surface area contributed by atoms with Crippen molar-refractivity contribution in [2.24, 2.45) is 0 Å². The Bertz CT molecular complexity index is 2990. The number of nitrogens with zero attached hydrogens (tertiary/aromatic N) is 1.